The number of benzene rings is 1. The van der Waals surface area contributed by atoms with Gasteiger partial charge in [-0.3, -0.25) is 9.59 Å². The molecular formula is C19H30ClN3O2. The second kappa shape index (κ2) is 11.1. The van der Waals surface area contributed by atoms with Gasteiger partial charge in [0.15, 0.2) is 0 Å². The van der Waals surface area contributed by atoms with E-state index in [2.05, 4.69) is 10.6 Å². The molecule has 1 saturated heterocycles. The van der Waals surface area contributed by atoms with E-state index in [0.717, 1.165) is 38.0 Å². The van der Waals surface area contributed by atoms with E-state index in [9.17, 15) is 9.59 Å². The lowest BCUT2D eigenvalue weighted by Crippen LogP contribution is -2.41. The van der Waals surface area contributed by atoms with E-state index in [1.54, 1.807) is 0 Å². The molecule has 1 heterocycles. The fraction of sp³-hybridized carbons (Fsp3) is 0.579. The number of hydrogen-bond donors (Lipinski definition) is 2. The molecule has 0 saturated carbocycles. The summed E-state index contributed by atoms with van der Waals surface area (Å²) in [6, 6.07) is 9.46. The van der Waals surface area contributed by atoms with Gasteiger partial charge < -0.3 is 15.5 Å². The third-order valence-electron chi connectivity index (χ3n) is 4.73. The second-order valence-corrected chi connectivity index (χ2v) is 6.58. The van der Waals surface area contributed by atoms with Gasteiger partial charge in [0.05, 0.1) is 12.5 Å². The van der Waals surface area contributed by atoms with E-state index in [0.29, 0.717) is 12.3 Å². The van der Waals surface area contributed by atoms with E-state index in [-0.39, 0.29) is 30.3 Å². The zero-order valence-corrected chi connectivity index (χ0v) is 16.0. The van der Waals surface area contributed by atoms with Gasteiger partial charge >= 0.3 is 0 Å². The number of piperidine rings is 1. The molecule has 1 unspecified atom stereocenters. The molecule has 0 aliphatic carbocycles. The molecular weight excluding hydrogens is 338 g/mol. The Labute approximate surface area is 157 Å². The molecule has 1 aromatic carbocycles. The first-order valence-electron chi connectivity index (χ1n) is 8.84. The summed E-state index contributed by atoms with van der Waals surface area (Å²) in [5, 5.41) is 6.10. The van der Waals surface area contributed by atoms with Crippen molar-refractivity contribution in [3.8, 4) is 0 Å². The Balaban J connectivity index is 0.00000312. The summed E-state index contributed by atoms with van der Waals surface area (Å²) >= 11 is 0. The van der Waals surface area contributed by atoms with Crippen molar-refractivity contribution in [3.05, 3.63) is 35.9 Å². The molecule has 6 heteroatoms. The summed E-state index contributed by atoms with van der Waals surface area (Å²) in [4.78, 5) is 26.1. The standard InChI is InChI=1S/C19H29N3O2.ClH/c1-15(23)21-18(17-6-4-3-5-7-17)14-19(24)22-12-9-16(10-13-22)8-11-20-2;/h3-7,16,18,20H,8-14H2,1-2H3,(H,21,23);1H. The lowest BCUT2D eigenvalue weighted by atomic mass is 9.93. The second-order valence-electron chi connectivity index (χ2n) is 6.58. The van der Waals surface area contributed by atoms with Crippen molar-refractivity contribution in [1.82, 2.24) is 15.5 Å². The zero-order chi connectivity index (χ0) is 17.4. The number of nitrogens with zero attached hydrogens (tertiary/aromatic N) is 1. The van der Waals surface area contributed by atoms with Crippen LogP contribution in [0.5, 0.6) is 0 Å². The first-order chi connectivity index (χ1) is 11.6. The summed E-state index contributed by atoms with van der Waals surface area (Å²) in [7, 11) is 1.98. The van der Waals surface area contributed by atoms with Crippen LogP contribution < -0.4 is 10.6 Å². The summed E-state index contributed by atoms with van der Waals surface area (Å²) in [6.07, 6.45) is 3.65. The van der Waals surface area contributed by atoms with Gasteiger partial charge in [-0.15, -0.1) is 12.4 Å². The predicted octanol–water partition coefficient (Wildman–Crippen LogP) is 2.52. The lowest BCUT2D eigenvalue weighted by Gasteiger charge is -2.33. The van der Waals surface area contributed by atoms with Gasteiger partial charge in [0, 0.05) is 20.0 Å². The highest BCUT2D eigenvalue weighted by Crippen LogP contribution is 2.23. The molecule has 0 radical (unpaired) electrons. The van der Waals surface area contributed by atoms with E-state index in [1.807, 2.05) is 42.3 Å². The van der Waals surface area contributed by atoms with Crippen LogP contribution in [0.25, 0.3) is 0 Å². The van der Waals surface area contributed by atoms with Crippen molar-refractivity contribution in [3.63, 3.8) is 0 Å². The number of hydrogen-bond acceptors (Lipinski definition) is 3. The molecule has 2 amide bonds. The van der Waals surface area contributed by atoms with Crippen molar-refractivity contribution < 1.29 is 9.59 Å². The smallest absolute Gasteiger partial charge is 0.224 e. The Kier molecular flexibility index (Phi) is 9.53. The van der Waals surface area contributed by atoms with Crippen molar-refractivity contribution >= 4 is 24.2 Å². The van der Waals surface area contributed by atoms with Crippen LogP contribution in [-0.4, -0.2) is 43.4 Å². The average Bonchev–Trinajstić information content (AvgIpc) is 2.60. The molecule has 2 rings (SSSR count). The minimum Gasteiger partial charge on any atom is -0.349 e. The third kappa shape index (κ3) is 7.04. The third-order valence-corrected chi connectivity index (χ3v) is 4.73. The molecule has 1 aromatic rings. The minimum atomic E-state index is -0.252. The molecule has 140 valence electrons. The highest BCUT2D eigenvalue weighted by molar-refractivity contribution is 5.85. The minimum absolute atomic E-state index is 0. The quantitative estimate of drug-likeness (QED) is 0.778. The van der Waals surface area contributed by atoms with Crippen LogP contribution in [0, 0.1) is 5.92 Å². The monoisotopic (exact) mass is 367 g/mol. The highest BCUT2D eigenvalue weighted by Gasteiger charge is 2.25. The summed E-state index contributed by atoms with van der Waals surface area (Å²) in [5.41, 5.74) is 0.977. The maximum atomic E-state index is 12.6. The van der Waals surface area contributed by atoms with Crippen LogP contribution in [0.2, 0.25) is 0 Å². The lowest BCUT2D eigenvalue weighted by molar-refractivity contribution is -0.133. The molecule has 1 fully saturated rings. The number of nitrogens with one attached hydrogen (secondary N) is 2. The highest BCUT2D eigenvalue weighted by atomic mass is 35.5. The molecule has 1 aliphatic rings. The number of rotatable bonds is 7. The van der Waals surface area contributed by atoms with Gasteiger partial charge in [0.25, 0.3) is 0 Å². The predicted molar refractivity (Wildman–Crippen MR) is 103 cm³/mol. The SMILES string of the molecule is CNCCC1CCN(C(=O)CC(NC(C)=O)c2ccccc2)CC1.Cl. The number of carbonyl (C=O) groups excluding carboxylic acids is 2. The van der Waals surface area contributed by atoms with E-state index in [1.165, 1.54) is 13.3 Å². The molecule has 0 spiro atoms. The van der Waals surface area contributed by atoms with Crippen LogP contribution in [0.15, 0.2) is 30.3 Å². The molecule has 1 atom stereocenters. The zero-order valence-electron chi connectivity index (χ0n) is 15.2. The van der Waals surface area contributed by atoms with Gasteiger partial charge in [-0.05, 0) is 44.3 Å². The summed E-state index contributed by atoms with van der Waals surface area (Å²) in [6.45, 7) is 4.19. The molecule has 25 heavy (non-hydrogen) atoms. The van der Waals surface area contributed by atoms with Crippen molar-refractivity contribution in [2.24, 2.45) is 5.92 Å². The molecule has 2 N–H and O–H groups in total. The Hall–Kier alpha value is -1.59. The maximum Gasteiger partial charge on any atom is 0.224 e. The maximum absolute atomic E-state index is 12.6. The fourth-order valence-electron chi connectivity index (χ4n) is 3.31. The van der Waals surface area contributed by atoms with Crippen LogP contribution in [-0.2, 0) is 9.59 Å². The van der Waals surface area contributed by atoms with Gasteiger partial charge in [-0.25, -0.2) is 0 Å². The van der Waals surface area contributed by atoms with E-state index >= 15 is 0 Å². The Morgan fingerprint density at radius 2 is 1.84 bits per heavy atom. The number of carbonyl (C=O) groups is 2. The van der Waals surface area contributed by atoms with Crippen molar-refractivity contribution in [1.29, 1.82) is 0 Å². The normalized spacial score (nSPS) is 16.0. The summed E-state index contributed by atoms with van der Waals surface area (Å²) in [5.74, 6) is 0.730. The van der Waals surface area contributed by atoms with Crippen LogP contribution in [0.1, 0.15) is 44.2 Å². The van der Waals surface area contributed by atoms with Crippen molar-refractivity contribution in [2.75, 3.05) is 26.7 Å². The topological polar surface area (TPSA) is 61.4 Å². The molecule has 5 nitrogen and oxygen atoms in total. The molecule has 1 aliphatic heterocycles. The average molecular weight is 368 g/mol. The van der Waals surface area contributed by atoms with Crippen molar-refractivity contribution in [2.45, 2.75) is 38.6 Å². The Bertz CT molecular complexity index is 531. The first kappa shape index (κ1) is 21.5. The number of likely N-dealkylation sites (tertiary alicyclic amines) is 1. The first-order valence-corrected chi connectivity index (χ1v) is 8.84. The van der Waals surface area contributed by atoms with Crippen LogP contribution in [0.4, 0.5) is 0 Å². The van der Waals surface area contributed by atoms with E-state index < -0.39 is 0 Å². The number of halogens is 1. The summed E-state index contributed by atoms with van der Waals surface area (Å²) < 4.78 is 0. The van der Waals surface area contributed by atoms with Crippen LogP contribution in [0.3, 0.4) is 0 Å². The molecule has 0 aromatic heterocycles. The van der Waals surface area contributed by atoms with E-state index in [4.69, 9.17) is 0 Å². The van der Waals surface area contributed by atoms with Gasteiger partial charge in [-0.2, -0.15) is 0 Å². The van der Waals surface area contributed by atoms with Gasteiger partial charge in [0.1, 0.15) is 0 Å². The van der Waals surface area contributed by atoms with Crippen LogP contribution >= 0.6 is 12.4 Å². The molecule has 0 bridgehead atoms. The van der Waals surface area contributed by atoms with Gasteiger partial charge in [-0.1, -0.05) is 30.3 Å². The fourth-order valence-corrected chi connectivity index (χ4v) is 3.31. The Morgan fingerprint density at radius 1 is 1.20 bits per heavy atom. The Morgan fingerprint density at radius 3 is 2.40 bits per heavy atom. The largest absolute Gasteiger partial charge is 0.349 e. The number of amides is 2. The van der Waals surface area contributed by atoms with Gasteiger partial charge in [0.2, 0.25) is 11.8 Å².